The number of fused-ring (bicyclic) bond motifs is 1. The summed E-state index contributed by atoms with van der Waals surface area (Å²) in [5, 5.41) is 2.44. The number of hydrogen-bond donors (Lipinski definition) is 0. The van der Waals surface area contributed by atoms with E-state index in [4.69, 9.17) is 9.47 Å². The molecule has 2 aromatic rings. The summed E-state index contributed by atoms with van der Waals surface area (Å²) in [6.45, 7) is 17.2. The van der Waals surface area contributed by atoms with Crippen LogP contribution in [0.2, 0.25) is 0 Å². The first kappa shape index (κ1) is 24.8. The predicted molar refractivity (Wildman–Crippen MR) is 130 cm³/mol. The molecule has 4 heteroatoms. The standard InChI is InChI=1S/C26H39O3P/c1-24(2,3)18-22(30-8)23(27)29-25(4,5)15-16-28-26(6,7)21-14-13-19-11-9-10-12-20(19)17-21/h9-14,17,22,30H,15-16,18H2,1-8H3. The lowest BCUT2D eigenvalue weighted by Crippen LogP contribution is -2.35. The van der Waals surface area contributed by atoms with Crippen molar-refractivity contribution in [1.29, 1.82) is 0 Å². The third-order valence-corrected chi connectivity index (χ3v) is 6.57. The normalized spacial score (nSPS) is 14.4. The molecule has 0 heterocycles. The van der Waals surface area contributed by atoms with Crippen molar-refractivity contribution < 1.29 is 14.3 Å². The van der Waals surface area contributed by atoms with E-state index in [9.17, 15) is 4.79 Å². The molecule has 0 amide bonds. The molecule has 0 saturated heterocycles. The van der Waals surface area contributed by atoms with Crippen LogP contribution in [0.25, 0.3) is 10.8 Å². The van der Waals surface area contributed by atoms with Crippen molar-refractivity contribution in [2.75, 3.05) is 13.3 Å². The minimum Gasteiger partial charge on any atom is -0.459 e. The Morgan fingerprint density at radius 1 is 0.967 bits per heavy atom. The summed E-state index contributed by atoms with van der Waals surface area (Å²) in [5.41, 5.74) is 0.271. The van der Waals surface area contributed by atoms with Crippen LogP contribution in [0.15, 0.2) is 42.5 Å². The largest absolute Gasteiger partial charge is 0.459 e. The van der Waals surface area contributed by atoms with Crippen molar-refractivity contribution >= 4 is 25.3 Å². The SMILES string of the molecule is CPC(CC(C)(C)C)C(=O)OC(C)(C)CCOC(C)(C)c1ccc2ccccc2c1. The second kappa shape index (κ2) is 9.79. The maximum absolute atomic E-state index is 12.7. The van der Waals surface area contributed by atoms with Gasteiger partial charge in [0.05, 0.1) is 17.9 Å². The second-order valence-corrected chi connectivity index (χ2v) is 11.7. The molecule has 0 bridgehead atoms. The van der Waals surface area contributed by atoms with Crippen LogP contribution >= 0.6 is 8.58 Å². The predicted octanol–water partition coefficient (Wildman–Crippen LogP) is 6.92. The van der Waals surface area contributed by atoms with E-state index in [0.717, 1.165) is 12.0 Å². The van der Waals surface area contributed by atoms with E-state index in [1.807, 2.05) is 13.8 Å². The summed E-state index contributed by atoms with van der Waals surface area (Å²) < 4.78 is 12.2. The summed E-state index contributed by atoms with van der Waals surface area (Å²) in [6, 6.07) is 14.8. The highest BCUT2D eigenvalue weighted by Gasteiger charge is 2.31. The van der Waals surface area contributed by atoms with Crippen molar-refractivity contribution in [3.63, 3.8) is 0 Å². The molecule has 3 nitrogen and oxygen atoms in total. The Labute approximate surface area is 184 Å². The fraction of sp³-hybridized carbons (Fsp3) is 0.577. The second-order valence-electron chi connectivity index (χ2n) is 10.5. The molecule has 2 rings (SSSR count). The Morgan fingerprint density at radius 3 is 2.20 bits per heavy atom. The average Bonchev–Trinajstić information content (AvgIpc) is 2.64. The van der Waals surface area contributed by atoms with Crippen LogP contribution in [0.5, 0.6) is 0 Å². The van der Waals surface area contributed by atoms with Gasteiger partial charge in [-0.2, -0.15) is 0 Å². The van der Waals surface area contributed by atoms with Gasteiger partial charge in [-0.1, -0.05) is 57.2 Å². The van der Waals surface area contributed by atoms with E-state index in [2.05, 4.69) is 83.7 Å². The lowest BCUT2D eigenvalue weighted by atomic mass is 9.90. The number of rotatable bonds is 9. The first-order chi connectivity index (χ1) is 13.8. The molecule has 2 aromatic carbocycles. The number of carbonyl (C=O) groups is 1. The Hall–Kier alpha value is -1.44. The molecule has 2 unspecified atom stereocenters. The maximum Gasteiger partial charge on any atom is 0.313 e. The average molecular weight is 431 g/mol. The Bertz CT molecular complexity index is 849. The van der Waals surface area contributed by atoms with Crippen LogP contribution in [0.3, 0.4) is 0 Å². The summed E-state index contributed by atoms with van der Waals surface area (Å²) in [7, 11) is 0.549. The third kappa shape index (κ3) is 7.36. The summed E-state index contributed by atoms with van der Waals surface area (Å²) in [6.07, 6.45) is 1.51. The molecule has 0 aromatic heterocycles. The Kier molecular flexibility index (Phi) is 8.10. The van der Waals surface area contributed by atoms with Crippen molar-refractivity contribution in [3.05, 3.63) is 48.0 Å². The molecule has 2 atom stereocenters. The number of ether oxygens (including phenoxy) is 2. The van der Waals surface area contributed by atoms with Gasteiger partial charge in [-0.25, -0.2) is 0 Å². The van der Waals surface area contributed by atoms with Gasteiger partial charge in [0, 0.05) is 6.42 Å². The fourth-order valence-electron chi connectivity index (χ4n) is 3.51. The van der Waals surface area contributed by atoms with E-state index in [1.54, 1.807) is 0 Å². The fourth-order valence-corrected chi connectivity index (χ4v) is 4.62. The topological polar surface area (TPSA) is 35.5 Å². The summed E-state index contributed by atoms with van der Waals surface area (Å²) in [5.74, 6) is -0.0791. The number of carbonyl (C=O) groups excluding carboxylic acids is 1. The molecule has 0 aliphatic heterocycles. The van der Waals surface area contributed by atoms with Gasteiger partial charge < -0.3 is 9.47 Å². The van der Waals surface area contributed by atoms with Crippen LogP contribution in [0, 0.1) is 5.41 Å². The molecule has 0 saturated carbocycles. The Morgan fingerprint density at radius 2 is 1.60 bits per heavy atom. The molecular formula is C26H39O3P. The number of hydrogen-bond acceptors (Lipinski definition) is 3. The minimum absolute atomic E-state index is 0.0285. The van der Waals surface area contributed by atoms with E-state index in [0.29, 0.717) is 21.6 Å². The zero-order chi connectivity index (χ0) is 22.6. The summed E-state index contributed by atoms with van der Waals surface area (Å²) >= 11 is 0. The molecule has 0 radical (unpaired) electrons. The summed E-state index contributed by atoms with van der Waals surface area (Å²) in [4.78, 5) is 12.7. The smallest absolute Gasteiger partial charge is 0.313 e. The molecule has 0 spiro atoms. The monoisotopic (exact) mass is 430 g/mol. The van der Waals surface area contributed by atoms with Crippen LogP contribution in [0.4, 0.5) is 0 Å². The van der Waals surface area contributed by atoms with Crippen LogP contribution < -0.4 is 0 Å². The van der Waals surface area contributed by atoms with Gasteiger partial charge in [0.1, 0.15) is 5.60 Å². The molecule has 0 fully saturated rings. The highest BCUT2D eigenvalue weighted by molar-refractivity contribution is 7.39. The van der Waals surface area contributed by atoms with Crippen LogP contribution in [-0.4, -0.2) is 30.5 Å². The van der Waals surface area contributed by atoms with E-state index in [-0.39, 0.29) is 17.0 Å². The van der Waals surface area contributed by atoms with E-state index >= 15 is 0 Å². The van der Waals surface area contributed by atoms with Crippen LogP contribution in [0.1, 0.15) is 66.9 Å². The van der Waals surface area contributed by atoms with E-state index in [1.165, 1.54) is 10.8 Å². The molecule has 166 valence electrons. The zero-order valence-corrected chi connectivity index (χ0v) is 21.0. The van der Waals surface area contributed by atoms with Gasteiger partial charge >= 0.3 is 5.97 Å². The highest BCUT2D eigenvalue weighted by Crippen LogP contribution is 2.32. The lowest BCUT2D eigenvalue weighted by molar-refractivity contribution is -0.159. The van der Waals surface area contributed by atoms with Crippen molar-refractivity contribution in [2.24, 2.45) is 5.41 Å². The molecule has 0 aliphatic rings. The third-order valence-electron chi connectivity index (χ3n) is 5.44. The molecule has 0 N–H and O–H groups in total. The van der Waals surface area contributed by atoms with Crippen molar-refractivity contribution in [3.8, 4) is 0 Å². The van der Waals surface area contributed by atoms with Crippen molar-refractivity contribution in [2.45, 2.75) is 78.2 Å². The minimum atomic E-state index is -0.549. The lowest BCUT2D eigenvalue weighted by Gasteiger charge is -2.32. The maximum atomic E-state index is 12.7. The number of esters is 1. The van der Waals surface area contributed by atoms with Crippen LogP contribution in [-0.2, 0) is 19.9 Å². The zero-order valence-electron chi connectivity index (χ0n) is 20.0. The van der Waals surface area contributed by atoms with Gasteiger partial charge in [-0.05, 0) is 68.6 Å². The number of benzene rings is 2. The van der Waals surface area contributed by atoms with Crippen molar-refractivity contribution in [1.82, 2.24) is 0 Å². The van der Waals surface area contributed by atoms with Gasteiger partial charge in [-0.15, -0.1) is 8.58 Å². The van der Waals surface area contributed by atoms with Gasteiger partial charge in [0.15, 0.2) is 0 Å². The molecular weight excluding hydrogens is 391 g/mol. The first-order valence-corrected chi connectivity index (χ1v) is 12.4. The molecule has 0 aliphatic carbocycles. The van der Waals surface area contributed by atoms with Gasteiger partial charge in [-0.3, -0.25) is 4.79 Å². The highest BCUT2D eigenvalue weighted by atomic mass is 31.1. The van der Waals surface area contributed by atoms with Gasteiger partial charge in [0.25, 0.3) is 0 Å². The quantitative estimate of drug-likeness (QED) is 0.320. The first-order valence-electron chi connectivity index (χ1n) is 10.9. The molecule has 30 heavy (non-hydrogen) atoms. The van der Waals surface area contributed by atoms with Gasteiger partial charge in [0.2, 0.25) is 0 Å². The Balaban J connectivity index is 1.95. The van der Waals surface area contributed by atoms with E-state index < -0.39 is 11.2 Å².